The van der Waals surface area contributed by atoms with E-state index >= 15 is 0 Å². The van der Waals surface area contributed by atoms with Gasteiger partial charge in [-0.05, 0) is 92.1 Å². The Hall–Kier alpha value is -2.40. The number of nitrogens with zero attached hydrogens (tertiary/aromatic N) is 2. The van der Waals surface area contributed by atoms with Crippen LogP contribution in [0.3, 0.4) is 0 Å². The molecule has 1 saturated heterocycles. The maximum atomic E-state index is 13.5. The molecule has 2 aromatic rings. The number of fused-ring (bicyclic) bond motifs is 1. The molecule has 4 nitrogen and oxygen atoms in total. The standard InChI is InChI=1S/C26H33FN2O2/c1-20(30)29-13-3-6-21-8-9-26(18-24(21)19-29)31-16-4-12-28-14-10-22(11-15-28)23-5-2-7-25(27)17-23/h2,5,7-9,17-18,22H,3-4,6,10-16,19H2,1H3. The summed E-state index contributed by atoms with van der Waals surface area (Å²) in [7, 11) is 0. The first-order chi connectivity index (χ1) is 15.1. The van der Waals surface area contributed by atoms with Gasteiger partial charge in [0.25, 0.3) is 0 Å². The second kappa shape index (κ2) is 10.3. The predicted octanol–water partition coefficient (Wildman–Crippen LogP) is 4.77. The highest BCUT2D eigenvalue weighted by Crippen LogP contribution is 2.28. The van der Waals surface area contributed by atoms with Gasteiger partial charge in [0.1, 0.15) is 11.6 Å². The van der Waals surface area contributed by atoms with Crippen LogP contribution in [0.5, 0.6) is 5.75 Å². The zero-order chi connectivity index (χ0) is 21.6. The number of ether oxygens (including phenoxy) is 1. The van der Waals surface area contributed by atoms with Gasteiger partial charge in [-0.1, -0.05) is 18.2 Å². The summed E-state index contributed by atoms with van der Waals surface area (Å²) >= 11 is 0. The lowest BCUT2D eigenvalue weighted by Crippen LogP contribution is -2.34. The van der Waals surface area contributed by atoms with Crippen molar-refractivity contribution in [2.45, 2.75) is 51.5 Å². The normalized spacial score (nSPS) is 17.8. The number of benzene rings is 2. The van der Waals surface area contributed by atoms with Gasteiger partial charge < -0.3 is 14.5 Å². The van der Waals surface area contributed by atoms with Crippen LogP contribution in [0.2, 0.25) is 0 Å². The molecule has 0 bridgehead atoms. The average Bonchev–Trinajstić information content (AvgIpc) is 2.99. The Morgan fingerprint density at radius 2 is 1.94 bits per heavy atom. The second-order valence-corrected chi connectivity index (χ2v) is 8.85. The quantitative estimate of drug-likeness (QED) is 0.627. The SMILES string of the molecule is CC(=O)N1CCCc2ccc(OCCCN3CCC(c4cccc(F)c4)CC3)cc2C1. The lowest BCUT2D eigenvalue weighted by Gasteiger charge is -2.32. The minimum absolute atomic E-state index is 0.135. The van der Waals surface area contributed by atoms with Crippen molar-refractivity contribution in [1.29, 1.82) is 0 Å². The summed E-state index contributed by atoms with van der Waals surface area (Å²) in [6.45, 7) is 6.99. The number of aryl methyl sites for hydroxylation is 1. The van der Waals surface area contributed by atoms with Crippen molar-refractivity contribution in [3.05, 3.63) is 65.0 Å². The number of hydrogen-bond acceptors (Lipinski definition) is 3. The van der Waals surface area contributed by atoms with Crippen LogP contribution in [0.15, 0.2) is 42.5 Å². The van der Waals surface area contributed by atoms with E-state index in [4.69, 9.17) is 4.74 Å². The van der Waals surface area contributed by atoms with Crippen LogP contribution in [0, 0.1) is 5.82 Å². The molecule has 0 radical (unpaired) electrons. The van der Waals surface area contributed by atoms with Crippen LogP contribution in [-0.4, -0.2) is 48.5 Å². The van der Waals surface area contributed by atoms with Crippen LogP contribution in [0.1, 0.15) is 55.2 Å². The van der Waals surface area contributed by atoms with Crippen molar-refractivity contribution < 1.29 is 13.9 Å². The number of halogens is 1. The highest BCUT2D eigenvalue weighted by atomic mass is 19.1. The lowest BCUT2D eigenvalue weighted by molar-refractivity contribution is -0.129. The summed E-state index contributed by atoms with van der Waals surface area (Å²) in [5, 5.41) is 0. The minimum atomic E-state index is -0.135. The molecule has 166 valence electrons. The van der Waals surface area contributed by atoms with Gasteiger partial charge in [-0.25, -0.2) is 4.39 Å². The summed E-state index contributed by atoms with van der Waals surface area (Å²) < 4.78 is 19.5. The Morgan fingerprint density at radius 3 is 2.71 bits per heavy atom. The van der Waals surface area contributed by atoms with Crippen molar-refractivity contribution in [1.82, 2.24) is 9.80 Å². The molecule has 0 aromatic heterocycles. The molecule has 2 aliphatic rings. The van der Waals surface area contributed by atoms with E-state index < -0.39 is 0 Å². The molecule has 0 spiro atoms. The van der Waals surface area contributed by atoms with Gasteiger partial charge in [-0.15, -0.1) is 0 Å². The van der Waals surface area contributed by atoms with Crippen molar-refractivity contribution >= 4 is 5.91 Å². The van der Waals surface area contributed by atoms with Gasteiger partial charge in [0, 0.05) is 26.6 Å². The molecule has 2 aliphatic heterocycles. The van der Waals surface area contributed by atoms with E-state index in [1.165, 1.54) is 17.2 Å². The number of hydrogen-bond donors (Lipinski definition) is 0. The molecular weight excluding hydrogens is 391 g/mol. The summed E-state index contributed by atoms with van der Waals surface area (Å²) in [6, 6.07) is 13.4. The smallest absolute Gasteiger partial charge is 0.219 e. The molecule has 1 fully saturated rings. The number of carbonyl (C=O) groups excluding carboxylic acids is 1. The third-order valence-corrected chi connectivity index (χ3v) is 6.65. The highest BCUT2D eigenvalue weighted by Gasteiger charge is 2.21. The topological polar surface area (TPSA) is 32.8 Å². The second-order valence-electron chi connectivity index (χ2n) is 8.85. The van der Waals surface area contributed by atoms with Crippen molar-refractivity contribution in [2.24, 2.45) is 0 Å². The van der Waals surface area contributed by atoms with E-state index in [-0.39, 0.29) is 11.7 Å². The molecule has 1 amide bonds. The molecular formula is C26H33FN2O2. The number of likely N-dealkylation sites (tertiary alicyclic amines) is 1. The van der Waals surface area contributed by atoms with Gasteiger partial charge in [0.15, 0.2) is 0 Å². The Bertz CT molecular complexity index is 893. The molecule has 4 rings (SSSR count). The average molecular weight is 425 g/mol. The molecule has 2 aromatic carbocycles. The molecule has 0 atom stereocenters. The lowest BCUT2D eigenvalue weighted by atomic mass is 9.89. The first-order valence-corrected chi connectivity index (χ1v) is 11.6. The molecule has 0 N–H and O–H groups in total. The summed E-state index contributed by atoms with van der Waals surface area (Å²) in [6.07, 6.45) is 5.19. The van der Waals surface area contributed by atoms with Crippen LogP contribution < -0.4 is 4.74 Å². The molecule has 0 unspecified atom stereocenters. The van der Waals surface area contributed by atoms with Crippen LogP contribution in [0.25, 0.3) is 0 Å². The van der Waals surface area contributed by atoms with Crippen LogP contribution in [-0.2, 0) is 17.8 Å². The first kappa shape index (κ1) is 21.8. The third-order valence-electron chi connectivity index (χ3n) is 6.65. The minimum Gasteiger partial charge on any atom is -0.494 e. The molecule has 31 heavy (non-hydrogen) atoms. The first-order valence-electron chi connectivity index (χ1n) is 11.6. The third kappa shape index (κ3) is 5.85. The van der Waals surface area contributed by atoms with Gasteiger partial charge in [0.05, 0.1) is 6.61 Å². The van der Waals surface area contributed by atoms with Crippen molar-refractivity contribution in [3.8, 4) is 5.75 Å². The zero-order valence-corrected chi connectivity index (χ0v) is 18.5. The van der Waals surface area contributed by atoms with Gasteiger partial charge in [0.2, 0.25) is 5.91 Å². The fraction of sp³-hybridized carbons (Fsp3) is 0.500. The maximum Gasteiger partial charge on any atom is 0.219 e. The van der Waals surface area contributed by atoms with Crippen molar-refractivity contribution in [2.75, 3.05) is 32.8 Å². The van der Waals surface area contributed by atoms with Crippen molar-refractivity contribution in [3.63, 3.8) is 0 Å². The largest absolute Gasteiger partial charge is 0.494 e. The fourth-order valence-corrected chi connectivity index (χ4v) is 4.83. The molecule has 2 heterocycles. The molecule has 0 aliphatic carbocycles. The summed E-state index contributed by atoms with van der Waals surface area (Å²) in [4.78, 5) is 16.2. The van der Waals surface area contributed by atoms with E-state index in [0.717, 1.165) is 69.6 Å². The monoisotopic (exact) mass is 424 g/mol. The van der Waals surface area contributed by atoms with Gasteiger partial charge in [-0.2, -0.15) is 0 Å². The summed E-state index contributed by atoms with van der Waals surface area (Å²) in [5.74, 6) is 1.37. The van der Waals surface area contributed by atoms with Crippen LogP contribution in [0.4, 0.5) is 4.39 Å². The molecule has 0 saturated carbocycles. The van der Waals surface area contributed by atoms with E-state index in [1.807, 2.05) is 17.0 Å². The molecule has 5 heteroatoms. The number of amides is 1. The number of carbonyl (C=O) groups is 1. The van der Waals surface area contributed by atoms with E-state index in [0.29, 0.717) is 19.1 Å². The Labute approximate surface area is 185 Å². The Kier molecular flexibility index (Phi) is 7.23. The van der Waals surface area contributed by atoms with Gasteiger partial charge >= 0.3 is 0 Å². The van der Waals surface area contributed by atoms with E-state index in [9.17, 15) is 9.18 Å². The maximum absolute atomic E-state index is 13.5. The fourth-order valence-electron chi connectivity index (χ4n) is 4.83. The summed E-state index contributed by atoms with van der Waals surface area (Å²) in [5.41, 5.74) is 3.68. The zero-order valence-electron chi connectivity index (χ0n) is 18.5. The van der Waals surface area contributed by atoms with Gasteiger partial charge in [-0.3, -0.25) is 4.79 Å². The van der Waals surface area contributed by atoms with E-state index in [2.05, 4.69) is 23.1 Å². The van der Waals surface area contributed by atoms with E-state index in [1.54, 1.807) is 13.0 Å². The Balaban J connectivity index is 1.21. The Morgan fingerprint density at radius 1 is 1.10 bits per heavy atom. The van der Waals surface area contributed by atoms with Crippen LogP contribution >= 0.6 is 0 Å². The highest BCUT2D eigenvalue weighted by molar-refractivity contribution is 5.73. The predicted molar refractivity (Wildman–Crippen MR) is 121 cm³/mol. The number of piperidine rings is 1. The number of rotatable bonds is 6.